The van der Waals surface area contributed by atoms with Crippen molar-refractivity contribution in [3.05, 3.63) is 59.8 Å². The van der Waals surface area contributed by atoms with Gasteiger partial charge in [0, 0.05) is 47.0 Å². The van der Waals surface area contributed by atoms with Crippen molar-refractivity contribution in [2.45, 2.75) is 110 Å². The first kappa shape index (κ1) is 46.8. The molecule has 15 heteroatoms. The average Bonchev–Trinajstić information content (AvgIpc) is 3.66. The molecule has 0 saturated carbocycles. The van der Waals surface area contributed by atoms with Gasteiger partial charge in [0.25, 0.3) is 0 Å². The lowest BCUT2D eigenvalue weighted by atomic mass is 9.90. The number of likely N-dealkylation sites (N-methyl/N-ethyl adjacent to an activating group) is 2. The number of hydrogen-bond donors (Lipinski definition) is 4. The number of rotatable bonds is 22. The molecule has 4 amide bonds. The van der Waals surface area contributed by atoms with E-state index in [0.29, 0.717) is 38.2 Å². The van der Waals surface area contributed by atoms with Crippen molar-refractivity contribution in [2.75, 3.05) is 47.1 Å². The molecule has 0 radical (unpaired) electrons. The topological polar surface area (TPSA) is 197 Å². The van der Waals surface area contributed by atoms with Crippen molar-refractivity contribution in [1.82, 2.24) is 30.3 Å². The van der Waals surface area contributed by atoms with Gasteiger partial charge in [-0.2, -0.15) is 0 Å². The number of nitrogens with zero attached hydrogens (tertiary/aromatic N) is 4. The molecule has 1 aliphatic heterocycles. The summed E-state index contributed by atoms with van der Waals surface area (Å²) >= 11 is 0. The molecule has 2 heterocycles. The maximum absolute atomic E-state index is 14.1. The highest BCUT2D eigenvalue weighted by Crippen LogP contribution is 2.29. The van der Waals surface area contributed by atoms with Gasteiger partial charge in [-0.25, -0.2) is 9.78 Å². The average molecular weight is 796 g/mol. The van der Waals surface area contributed by atoms with Crippen LogP contribution >= 0.6 is 0 Å². The Bertz CT molecular complexity index is 1630. The second kappa shape index (κ2) is 22.4. The summed E-state index contributed by atoms with van der Waals surface area (Å²) in [5.74, 6) is -2.90. The molecule has 1 aliphatic rings. The standard InChI is InChI=1S/C42H65N7O8/c1-10-27(4)38(48(7)36(51)24-45-41(53)37(26(2)3)47(6)25-30-18-19-44-34(43)22-30)33(56-8)23-35(50)49-20-14-17-32(49)39(57-9)28(5)40(52)46-31(42(54)55)21-29-15-12-11-13-16-29/h11-13,15-16,18-19,22,26-28,31-33,37-39H,10,14,17,20-21,23-25H2,1-9H3,(H2,43,44)(H,45,53)(H,46,52)(H,54,55). The summed E-state index contributed by atoms with van der Waals surface area (Å²) in [6.07, 6.45) is 2.36. The van der Waals surface area contributed by atoms with Crippen LogP contribution in [0.5, 0.6) is 0 Å². The molecule has 1 fully saturated rings. The van der Waals surface area contributed by atoms with Gasteiger partial charge >= 0.3 is 5.97 Å². The number of carboxylic acid groups (broad SMARTS) is 1. The van der Waals surface area contributed by atoms with Crippen LogP contribution in [0.2, 0.25) is 0 Å². The number of anilines is 1. The fourth-order valence-electron chi connectivity index (χ4n) is 8.06. The van der Waals surface area contributed by atoms with Crippen molar-refractivity contribution in [3.63, 3.8) is 0 Å². The Kier molecular flexibility index (Phi) is 18.4. The van der Waals surface area contributed by atoms with Crippen LogP contribution in [-0.4, -0.2) is 132 Å². The second-order valence-corrected chi connectivity index (χ2v) is 15.6. The van der Waals surface area contributed by atoms with E-state index in [4.69, 9.17) is 15.2 Å². The number of benzene rings is 1. The number of nitrogens with one attached hydrogen (secondary N) is 2. The van der Waals surface area contributed by atoms with E-state index in [1.54, 1.807) is 36.0 Å². The summed E-state index contributed by atoms with van der Waals surface area (Å²) in [7, 11) is 6.53. The number of likely N-dealkylation sites (tertiary alicyclic amines) is 1. The number of aromatic nitrogens is 1. The highest BCUT2D eigenvalue weighted by molar-refractivity contribution is 5.88. The minimum Gasteiger partial charge on any atom is -0.480 e. The van der Waals surface area contributed by atoms with Crippen LogP contribution in [-0.2, 0) is 46.4 Å². The van der Waals surface area contributed by atoms with Crippen molar-refractivity contribution in [3.8, 4) is 0 Å². The molecule has 316 valence electrons. The van der Waals surface area contributed by atoms with E-state index >= 15 is 0 Å². The second-order valence-electron chi connectivity index (χ2n) is 15.6. The van der Waals surface area contributed by atoms with Crippen LogP contribution in [0.15, 0.2) is 48.7 Å². The first-order chi connectivity index (χ1) is 27.0. The molecule has 0 bridgehead atoms. The highest BCUT2D eigenvalue weighted by Gasteiger charge is 2.42. The molecular weight excluding hydrogens is 731 g/mol. The van der Waals surface area contributed by atoms with E-state index < -0.39 is 54.2 Å². The zero-order chi connectivity index (χ0) is 42.4. The summed E-state index contributed by atoms with van der Waals surface area (Å²) in [5.41, 5.74) is 7.55. The predicted octanol–water partition coefficient (Wildman–Crippen LogP) is 2.97. The third-order valence-corrected chi connectivity index (χ3v) is 11.3. The lowest BCUT2D eigenvalue weighted by Gasteiger charge is -2.39. The first-order valence-corrected chi connectivity index (χ1v) is 19.9. The Morgan fingerprint density at radius 1 is 1.00 bits per heavy atom. The minimum absolute atomic E-state index is 0.0269. The maximum Gasteiger partial charge on any atom is 0.326 e. The molecule has 5 N–H and O–H groups in total. The number of carbonyl (C=O) groups excluding carboxylic acids is 4. The fraction of sp³-hybridized carbons (Fsp3) is 0.619. The lowest BCUT2D eigenvalue weighted by molar-refractivity contribution is -0.147. The molecule has 0 aliphatic carbocycles. The number of ether oxygens (including phenoxy) is 2. The van der Waals surface area contributed by atoms with Crippen molar-refractivity contribution in [2.24, 2.45) is 17.8 Å². The van der Waals surface area contributed by atoms with Crippen LogP contribution in [0.25, 0.3) is 0 Å². The number of aliphatic carboxylic acids is 1. The number of pyridine rings is 1. The smallest absolute Gasteiger partial charge is 0.326 e. The molecule has 0 spiro atoms. The largest absolute Gasteiger partial charge is 0.480 e. The molecule has 1 aromatic carbocycles. The van der Waals surface area contributed by atoms with E-state index in [2.05, 4.69) is 15.6 Å². The number of nitrogen functional groups attached to an aromatic ring is 1. The van der Waals surface area contributed by atoms with Gasteiger partial charge < -0.3 is 40.7 Å². The van der Waals surface area contributed by atoms with Gasteiger partial charge in [0.1, 0.15) is 11.9 Å². The van der Waals surface area contributed by atoms with Crippen LogP contribution in [0.4, 0.5) is 5.82 Å². The summed E-state index contributed by atoms with van der Waals surface area (Å²) < 4.78 is 11.8. The maximum atomic E-state index is 14.1. The van der Waals surface area contributed by atoms with Crippen LogP contribution in [0.3, 0.4) is 0 Å². The number of carboxylic acids is 1. The summed E-state index contributed by atoms with van der Waals surface area (Å²) in [5, 5.41) is 15.4. The van der Waals surface area contributed by atoms with Gasteiger partial charge in [-0.15, -0.1) is 0 Å². The van der Waals surface area contributed by atoms with Gasteiger partial charge in [0.05, 0.1) is 49.2 Å². The minimum atomic E-state index is -1.14. The van der Waals surface area contributed by atoms with E-state index in [0.717, 1.165) is 11.1 Å². The zero-order valence-corrected chi connectivity index (χ0v) is 35.1. The SMILES string of the molecule is CCC(C)C(C(CC(=O)N1CCCC1C(OC)C(C)C(=O)NC(Cc1ccccc1)C(=O)O)OC)N(C)C(=O)CNC(=O)C(C(C)C)N(C)Cc1ccnc(N)c1. The molecule has 1 aromatic heterocycles. The monoisotopic (exact) mass is 795 g/mol. The first-order valence-electron chi connectivity index (χ1n) is 19.9. The predicted molar refractivity (Wildman–Crippen MR) is 218 cm³/mol. The van der Waals surface area contributed by atoms with E-state index in [9.17, 15) is 29.1 Å². The van der Waals surface area contributed by atoms with Crippen LogP contribution in [0.1, 0.15) is 71.4 Å². The quantitative estimate of drug-likeness (QED) is 0.137. The number of carbonyl (C=O) groups is 5. The summed E-state index contributed by atoms with van der Waals surface area (Å²) in [6.45, 7) is 10.3. The van der Waals surface area contributed by atoms with Crippen LogP contribution < -0.4 is 16.4 Å². The Morgan fingerprint density at radius 2 is 1.68 bits per heavy atom. The number of amides is 4. The molecule has 8 atom stereocenters. The third kappa shape index (κ3) is 13.0. The molecule has 8 unspecified atom stereocenters. The Labute approximate surface area is 338 Å². The summed E-state index contributed by atoms with van der Waals surface area (Å²) in [6, 6.07) is 10.1. The van der Waals surface area contributed by atoms with Crippen molar-refractivity contribution >= 4 is 35.4 Å². The lowest BCUT2D eigenvalue weighted by Crippen LogP contribution is -2.55. The van der Waals surface area contributed by atoms with Crippen LogP contribution in [0, 0.1) is 17.8 Å². The van der Waals surface area contributed by atoms with Gasteiger partial charge in [0.15, 0.2) is 0 Å². The Hall–Kier alpha value is -4.60. The number of nitrogens with two attached hydrogens (primary N) is 1. The van der Waals surface area contributed by atoms with E-state index in [1.165, 1.54) is 14.2 Å². The number of hydrogen-bond acceptors (Lipinski definition) is 10. The normalized spacial score (nSPS) is 17.9. The Balaban J connectivity index is 1.69. The van der Waals surface area contributed by atoms with Crippen molar-refractivity contribution < 1.29 is 38.6 Å². The van der Waals surface area contributed by atoms with E-state index in [1.807, 2.05) is 76.0 Å². The fourth-order valence-corrected chi connectivity index (χ4v) is 8.06. The molecular formula is C42H65N7O8. The Morgan fingerprint density at radius 3 is 2.26 bits per heavy atom. The van der Waals surface area contributed by atoms with Gasteiger partial charge in [-0.3, -0.25) is 24.1 Å². The molecule has 2 aromatic rings. The molecule has 3 rings (SSSR count). The van der Waals surface area contributed by atoms with Gasteiger partial charge in [-0.05, 0) is 55.0 Å². The van der Waals surface area contributed by atoms with E-state index in [-0.39, 0.29) is 48.9 Å². The highest BCUT2D eigenvalue weighted by atomic mass is 16.5. The van der Waals surface area contributed by atoms with Gasteiger partial charge in [-0.1, -0.05) is 71.4 Å². The third-order valence-electron chi connectivity index (χ3n) is 11.3. The molecule has 1 saturated heterocycles. The molecule has 57 heavy (non-hydrogen) atoms. The van der Waals surface area contributed by atoms with Crippen molar-refractivity contribution in [1.29, 1.82) is 0 Å². The zero-order valence-electron chi connectivity index (χ0n) is 35.1. The number of methoxy groups -OCH3 is 2. The summed E-state index contributed by atoms with van der Waals surface area (Å²) in [4.78, 5) is 76.2. The van der Waals surface area contributed by atoms with Gasteiger partial charge in [0.2, 0.25) is 23.6 Å². The molecule has 15 nitrogen and oxygen atoms in total.